The molecule has 0 aliphatic rings. The number of aryl methyl sites for hydroxylation is 3. The third-order valence-corrected chi connectivity index (χ3v) is 5.92. The van der Waals surface area contributed by atoms with Crippen LogP contribution in [0.4, 0.5) is 0 Å². The predicted octanol–water partition coefficient (Wildman–Crippen LogP) is 4.77. The number of nitrogens with one attached hydrogen (secondary N) is 1. The van der Waals surface area contributed by atoms with Gasteiger partial charge in [0.1, 0.15) is 11.8 Å². The number of benzene rings is 3. The van der Waals surface area contributed by atoms with Crippen LogP contribution in [0, 0.1) is 20.8 Å². The van der Waals surface area contributed by atoms with E-state index in [4.69, 9.17) is 4.74 Å². The third-order valence-electron chi connectivity index (χ3n) is 5.92. The number of carbonyl (C=O) groups excluding carboxylic acids is 2. The summed E-state index contributed by atoms with van der Waals surface area (Å²) in [7, 11) is 0. The predicted molar refractivity (Wildman–Crippen MR) is 136 cm³/mol. The summed E-state index contributed by atoms with van der Waals surface area (Å²) in [5.41, 5.74) is 5.11. The maximum absolute atomic E-state index is 13.6. The van der Waals surface area contributed by atoms with Gasteiger partial charge in [-0.2, -0.15) is 0 Å². The molecule has 0 aliphatic carbocycles. The lowest BCUT2D eigenvalue weighted by atomic mass is 10.0. The molecule has 0 radical (unpaired) electrons. The molecule has 2 amide bonds. The highest BCUT2D eigenvalue weighted by Crippen LogP contribution is 2.21. The van der Waals surface area contributed by atoms with E-state index < -0.39 is 6.04 Å². The van der Waals surface area contributed by atoms with E-state index in [9.17, 15) is 9.59 Å². The van der Waals surface area contributed by atoms with Crippen LogP contribution in [0.5, 0.6) is 5.75 Å². The number of amides is 2. The van der Waals surface area contributed by atoms with Crippen molar-refractivity contribution in [1.29, 1.82) is 0 Å². The first-order valence-electron chi connectivity index (χ1n) is 11.7. The molecule has 0 aliphatic heterocycles. The van der Waals surface area contributed by atoms with Gasteiger partial charge in [-0.3, -0.25) is 9.59 Å². The smallest absolute Gasteiger partial charge is 0.261 e. The van der Waals surface area contributed by atoms with Crippen LogP contribution >= 0.6 is 0 Å². The van der Waals surface area contributed by atoms with Gasteiger partial charge in [0.2, 0.25) is 5.91 Å². The Bertz CT molecular complexity index is 1110. The molecule has 0 spiro atoms. The van der Waals surface area contributed by atoms with Crippen molar-refractivity contribution in [2.24, 2.45) is 0 Å². The SMILES string of the molecule is CCNC(=O)[C@@H](Cc1ccccc1)N(Cc1ccccc1C)C(=O)COc1cc(C)ccc1C. The molecule has 0 unspecified atom stereocenters. The second-order valence-electron chi connectivity index (χ2n) is 8.61. The summed E-state index contributed by atoms with van der Waals surface area (Å²) in [6.45, 7) is 8.53. The zero-order chi connectivity index (χ0) is 24.5. The molecule has 0 saturated carbocycles. The van der Waals surface area contributed by atoms with Crippen molar-refractivity contribution in [1.82, 2.24) is 10.2 Å². The van der Waals surface area contributed by atoms with E-state index in [1.54, 1.807) is 4.90 Å². The first-order chi connectivity index (χ1) is 16.4. The summed E-state index contributed by atoms with van der Waals surface area (Å²) in [5.74, 6) is 0.290. The van der Waals surface area contributed by atoms with E-state index in [0.29, 0.717) is 25.3 Å². The van der Waals surface area contributed by atoms with Gasteiger partial charge in [0.05, 0.1) is 0 Å². The molecular formula is C29H34N2O3. The van der Waals surface area contributed by atoms with Crippen LogP contribution in [0.2, 0.25) is 0 Å². The van der Waals surface area contributed by atoms with Crippen molar-refractivity contribution in [2.75, 3.05) is 13.2 Å². The van der Waals surface area contributed by atoms with Crippen LogP contribution in [0.1, 0.15) is 34.7 Å². The van der Waals surface area contributed by atoms with Gasteiger partial charge in [-0.1, -0.05) is 66.7 Å². The highest BCUT2D eigenvalue weighted by molar-refractivity contribution is 5.88. The van der Waals surface area contributed by atoms with Crippen LogP contribution in [-0.2, 0) is 22.6 Å². The average Bonchev–Trinajstić information content (AvgIpc) is 2.83. The Morgan fingerprint density at radius 1 is 0.912 bits per heavy atom. The molecule has 5 nitrogen and oxygen atoms in total. The molecule has 1 atom stereocenters. The largest absolute Gasteiger partial charge is 0.483 e. The molecule has 0 aromatic heterocycles. The van der Waals surface area contributed by atoms with E-state index in [-0.39, 0.29) is 18.4 Å². The first-order valence-corrected chi connectivity index (χ1v) is 11.7. The Hall–Kier alpha value is -3.60. The first kappa shape index (κ1) is 25.0. The van der Waals surface area contributed by atoms with Gasteiger partial charge in [-0.15, -0.1) is 0 Å². The molecule has 3 aromatic carbocycles. The average molecular weight is 459 g/mol. The normalized spacial score (nSPS) is 11.5. The lowest BCUT2D eigenvalue weighted by Crippen LogP contribution is -2.51. The van der Waals surface area contributed by atoms with Gasteiger partial charge in [0.15, 0.2) is 6.61 Å². The fourth-order valence-electron chi connectivity index (χ4n) is 3.90. The second-order valence-corrected chi connectivity index (χ2v) is 8.61. The van der Waals surface area contributed by atoms with Gasteiger partial charge in [0, 0.05) is 19.5 Å². The summed E-state index contributed by atoms with van der Waals surface area (Å²) in [4.78, 5) is 28.4. The lowest BCUT2D eigenvalue weighted by molar-refractivity contribution is -0.142. The van der Waals surface area contributed by atoms with Crippen LogP contribution < -0.4 is 10.1 Å². The molecule has 0 saturated heterocycles. The minimum Gasteiger partial charge on any atom is -0.483 e. The van der Waals surface area contributed by atoms with Gasteiger partial charge >= 0.3 is 0 Å². The molecule has 3 rings (SSSR count). The number of carbonyl (C=O) groups is 2. The summed E-state index contributed by atoms with van der Waals surface area (Å²) >= 11 is 0. The molecule has 5 heteroatoms. The van der Waals surface area contributed by atoms with Gasteiger partial charge < -0.3 is 15.0 Å². The molecule has 178 valence electrons. The third kappa shape index (κ3) is 6.70. The fourth-order valence-corrected chi connectivity index (χ4v) is 3.90. The maximum atomic E-state index is 13.6. The Balaban J connectivity index is 1.92. The van der Waals surface area contributed by atoms with Gasteiger partial charge in [0.25, 0.3) is 5.91 Å². The fraction of sp³-hybridized carbons (Fsp3) is 0.310. The van der Waals surface area contributed by atoms with E-state index in [0.717, 1.165) is 27.8 Å². The summed E-state index contributed by atoms with van der Waals surface area (Å²) in [5, 5.41) is 2.92. The Morgan fingerprint density at radius 2 is 1.62 bits per heavy atom. The van der Waals surface area contributed by atoms with Crippen molar-refractivity contribution >= 4 is 11.8 Å². The maximum Gasteiger partial charge on any atom is 0.261 e. The molecule has 34 heavy (non-hydrogen) atoms. The number of ether oxygens (including phenoxy) is 1. The monoisotopic (exact) mass is 458 g/mol. The molecule has 1 N–H and O–H groups in total. The van der Waals surface area contributed by atoms with Gasteiger partial charge in [-0.05, 0) is 61.6 Å². The number of likely N-dealkylation sites (N-methyl/N-ethyl adjacent to an activating group) is 1. The van der Waals surface area contributed by atoms with E-state index in [1.165, 1.54) is 0 Å². The van der Waals surface area contributed by atoms with Crippen LogP contribution in [-0.4, -0.2) is 35.9 Å². The Labute approximate surface area is 202 Å². The number of hydrogen-bond acceptors (Lipinski definition) is 3. The lowest BCUT2D eigenvalue weighted by Gasteiger charge is -2.32. The van der Waals surface area contributed by atoms with Crippen molar-refractivity contribution < 1.29 is 14.3 Å². The zero-order valence-corrected chi connectivity index (χ0v) is 20.5. The van der Waals surface area contributed by atoms with Crippen molar-refractivity contribution in [3.63, 3.8) is 0 Å². The molecule has 0 heterocycles. The summed E-state index contributed by atoms with van der Waals surface area (Å²) in [6.07, 6.45) is 0.424. The van der Waals surface area contributed by atoms with E-state index in [2.05, 4.69) is 5.32 Å². The minimum atomic E-state index is -0.656. The zero-order valence-electron chi connectivity index (χ0n) is 20.5. The second kappa shape index (κ2) is 12.0. The van der Waals surface area contributed by atoms with E-state index >= 15 is 0 Å². The summed E-state index contributed by atoms with van der Waals surface area (Å²) < 4.78 is 5.95. The number of hydrogen-bond donors (Lipinski definition) is 1. The van der Waals surface area contributed by atoms with Crippen LogP contribution in [0.25, 0.3) is 0 Å². The summed E-state index contributed by atoms with van der Waals surface area (Å²) in [6, 6.07) is 23.0. The highest BCUT2D eigenvalue weighted by atomic mass is 16.5. The van der Waals surface area contributed by atoms with Gasteiger partial charge in [-0.25, -0.2) is 0 Å². The molecule has 3 aromatic rings. The molecule has 0 bridgehead atoms. The van der Waals surface area contributed by atoms with Crippen LogP contribution in [0.3, 0.4) is 0 Å². The van der Waals surface area contributed by atoms with Crippen molar-refractivity contribution in [3.05, 3.63) is 101 Å². The molecular weight excluding hydrogens is 424 g/mol. The standard InChI is InChI=1S/C29H34N2O3/c1-5-30-29(33)26(18-24-12-7-6-8-13-24)31(19-25-14-10-9-11-22(25)3)28(32)20-34-27-17-21(2)15-16-23(27)4/h6-17,26H,5,18-20H2,1-4H3,(H,30,33)/t26-/m1/s1. The number of rotatable bonds is 10. The quantitative estimate of drug-likeness (QED) is 0.476. The minimum absolute atomic E-state index is 0.138. The number of nitrogens with zero attached hydrogens (tertiary/aromatic N) is 1. The Kier molecular flexibility index (Phi) is 8.86. The van der Waals surface area contributed by atoms with Crippen molar-refractivity contribution in [2.45, 2.75) is 46.7 Å². The van der Waals surface area contributed by atoms with Crippen molar-refractivity contribution in [3.8, 4) is 5.75 Å². The highest BCUT2D eigenvalue weighted by Gasteiger charge is 2.30. The molecule has 0 fully saturated rings. The Morgan fingerprint density at radius 3 is 2.32 bits per heavy atom. The van der Waals surface area contributed by atoms with Crippen LogP contribution in [0.15, 0.2) is 72.8 Å². The van der Waals surface area contributed by atoms with E-state index in [1.807, 2.05) is 100 Å². The topological polar surface area (TPSA) is 58.6 Å².